The highest BCUT2D eigenvalue weighted by atomic mass is 16.2. The Morgan fingerprint density at radius 3 is 2.58 bits per heavy atom. The van der Waals surface area contributed by atoms with Gasteiger partial charge in [0.1, 0.15) is 0 Å². The average molecular weight is 357 g/mol. The third-order valence-corrected chi connectivity index (χ3v) is 5.40. The first-order chi connectivity index (χ1) is 12.5. The number of amides is 2. The average Bonchev–Trinajstić information content (AvgIpc) is 3.47. The summed E-state index contributed by atoms with van der Waals surface area (Å²) in [7, 11) is 0. The molecule has 0 unspecified atom stereocenters. The van der Waals surface area contributed by atoms with Gasteiger partial charge in [-0.25, -0.2) is 0 Å². The van der Waals surface area contributed by atoms with Gasteiger partial charge >= 0.3 is 0 Å². The first-order valence-electron chi connectivity index (χ1n) is 9.92. The van der Waals surface area contributed by atoms with E-state index >= 15 is 0 Å². The van der Waals surface area contributed by atoms with E-state index < -0.39 is 0 Å². The molecule has 26 heavy (non-hydrogen) atoms. The van der Waals surface area contributed by atoms with Crippen LogP contribution < -0.4 is 5.32 Å². The minimum absolute atomic E-state index is 0.0102. The van der Waals surface area contributed by atoms with Gasteiger partial charge in [0.25, 0.3) is 0 Å². The van der Waals surface area contributed by atoms with Crippen molar-refractivity contribution >= 4 is 17.5 Å². The summed E-state index contributed by atoms with van der Waals surface area (Å²) in [5.41, 5.74) is 3.09. The molecule has 1 aliphatic carbocycles. The van der Waals surface area contributed by atoms with Crippen LogP contribution in [-0.4, -0.2) is 53.8 Å². The summed E-state index contributed by atoms with van der Waals surface area (Å²) in [6.45, 7) is 6.87. The van der Waals surface area contributed by atoms with Crippen LogP contribution in [0.15, 0.2) is 18.2 Å². The van der Waals surface area contributed by atoms with Crippen LogP contribution in [0.1, 0.15) is 49.7 Å². The van der Waals surface area contributed by atoms with Crippen LogP contribution in [0.2, 0.25) is 0 Å². The summed E-state index contributed by atoms with van der Waals surface area (Å²) in [5, 5.41) is 3.04. The zero-order chi connectivity index (χ0) is 18.5. The molecule has 3 rings (SSSR count). The van der Waals surface area contributed by atoms with E-state index in [1.807, 2.05) is 36.9 Å². The van der Waals surface area contributed by atoms with Crippen molar-refractivity contribution in [3.63, 3.8) is 0 Å². The summed E-state index contributed by atoms with van der Waals surface area (Å²) in [5.74, 6) is 0.251. The number of hydrogen-bond donors (Lipinski definition) is 1. The number of rotatable bonds is 7. The number of benzene rings is 1. The first kappa shape index (κ1) is 18.9. The number of anilines is 1. The molecule has 0 radical (unpaired) electrons. The molecule has 2 fully saturated rings. The molecule has 1 saturated heterocycles. The molecule has 1 N–H and O–H groups in total. The standard InChI is InChI=1S/C21H31N3O2/c1-16-6-7-17(2)19(14-16)22-20(25)15-24(18-8-9-18)13-10-21(26)23-11-4-3-5-12-23/h6-7,14,18H,3-5,8-13,15H2,1-2H3,(H,22,25). The Kier molecular flexibility index (Phi) is 6.30. The number of carbonyl (C=O) groups is 2. The normalized spacial score (nSPS) is 17.4. The molecule has 1 heterocycles. The maximum atomic E-state index is 12.5. The van der Waals surface area contributed by atoms with Gasteiger partial charge in [0.15, 0.2) is 0 Å². The predicted molar refractivity (Wildman–Crippen MR) is 104 cm³/mol. The summed E-state index contributed by atoms with van der Waals surface area (Å²) >= 11 is 0. The van der Waals surface area contributed by atoms with Gasteiger partial charge < -0.3 is 10.2 Å². The van der Waals surface area contributed by atoms with E-state index in [0.29, 0.717) is 25.6 Å². The van der Waals surface area contributed by atoms with Crippen molar-refractivity contribution in [2.75, 3.05) is 31.5 Å². The SMILES string of the molecule is Cc1ccc(C)c(NC(=O)CN(CCC(=O)N2CCCCC2)C2CC2)c1. The predicted octanol–water partition coefficient (Wildman–Crippen LogP) is 3.11. The Bertz CT molecular complexity index is 649. The fraction of sp³-hybridized carbons (Fsp3) is 0.619. The summed E-state index contributed by atoms with van der Waals surface area (Å²) in [6, 6.07) is 6.55. The van der Waals surface area contributed by atoms with Crippen molar-refractivity contribution in [3.8, 4) is 0 Å². The Morgan fingerprint density at radius 2 is 1.88 bits per heavy atom. The van der Waals surface area contributed by atoms with Crippen LogP contribution in [0.5, 0.6) is 0 Å². The van der Waals surface area contributed by atoms with Gasteiger partial charge in [0, 0.05) is 37.8 Å². The highest BCUT2D eigenvalue weighted by Crippen LogP contribution is 2.27. The number of aryl methyl sites for hydroxylation is 2. The van der Waals surface area contributed by atoms with E-state index in [-0.39, 0.29) is 11.8 Å². The summed E-state index contributed by atoms with van der Waals surface area (Å²) < 4.78 is 0. The molecular weight excluding hydrogens is 326 g/mol. The number of carbonyl (C=O) groups excluding carboxylic acids is 2. The molecule has 5 heteroatoms. The second kappa shape index (κ2) is 8.67. The van der Waals surface area contributed by atoms with Crippen molar-refractivity contribution in [2.24, 2.45) is 0 Å². The summed E-state index contributed by atoms with van der Waals surface area (Å²) in [4.78, 5) is 29.1. The van der Waals surface area contributed by atoms with Crippen LogP contribution >= 0.6 is 0 Å². The van der Waals surface area contributed by atoms with Crippen LogP contribution in [0, 0.1) is 13.8 Å². The topological polar surface area (TPSA) is 52.7 Å². The Labute approximate surface area is 156 Å². The second-order valence-corrected chi connectivity index (χ2v) is 7.76. The van der Waals surface area contributed by atoms with E-state index in [4.69, 9.17) is 0 Å². The number of likely N-dealkylation sites (tertiary alicyclic amines) is 1. The van der Waals surface area contributed by atoms with Crippen LogP contribution in [-0.2, 0) is 9.59 Å². The third kappa shape index (κ3) is 5.31. The lowest BCUT2D eigenvalue weighted by molar-refractivity contribution is -0.132. The monoisotopic (exact) mass is 357 g/mol. The molecule has 142 valence electrons. The first-order valence-corrected chi connectivity index (χ1v) is 9.92. The molecule has 0 atom stereocenters. The molecule has 0 aromatic heterocycles. The van der Waals surface area contributed by atoms with Gasteiger partial charge in [-0.1, -0.05) is 12.1 Å². The minimum atomic E-state index is 0.0102. The number of piperidine rings is 1. The minimum Gasteiger partial charge on any atom is -0.343 e. The number of nitrogens with one attached hydrogen (secondary N) is 1. The van der Waals surface area contributed by atoms with E-state index in [1.54, 1.807) is 0 Å². The van der Waals surface area contributed by atoms with Gasteiger partial charge in [0.2, 0.25) is 11.8 Å². The molecule has 1 aromatic carbocycles. The largest absolute Gasteiger partial charge is 0.343 e. The third-order valence-electron chi connectivity index (χ3n) is 5.40. The van der Waals surface area contributed by atoms with Gasteiger partial charge in [-0.05, 0) is 63.1 Å². The zero-order valence-corrected chi connectivity index (χ0v) is 16.1. The Hall–Kier alpha value is -1.88. The fourth-order valence-electron chi connectivity index (χ4n) is 3.62. The zero-order valence-electron chi connectivity index (χ0n) is 16.1. The molecule has 1 aromatic rings. The lowest BCUT2D eigenvalue weighted by atomic mass is 10.1. The fourth-order valence-corrected chi connectivity index (χ4v) is 3.62. The van der Waals surface area contributed by atoms with E-state index in [1.165, 1.54) is 6.42 Å². The van der Waals surface area contributed by atoms with Crippen molar-refractivity contribution in [3.05, 3.63) is 29.3 Å². The lowest BCUT2D eigenvalue weighted by Crippen LogP contribution is -2.40. The van der Waals surface area contributed by atoms with Crippen LogP contribution in [0.4, 0.5) is 5.69 Å². The van der Waals surface area contributed by atoms with Crippen molar-refractivity contribution in [1.82, 2.24) is 9.80 Å². The molecule has 2 amide bonds. The van der Waals surface area contributed by atoms with Gasteiger partial charge in [0.05, 0.1) is 6.54 Å². The van der Waals surface area contributed by atoms with E-state index in [0.717, 1.165) is 55.6 Å². The van der Waals surface area contributed by atoms with Crippen molar-refractivity contribution in [1.29, 1.82) is 0 Å². The Morgan fingerprint density at radius 1 is 1.15 bits per heavy atom. The molecule has 0 bridgehead atoms. The number of hydrogen-bond acceptors (Lipinski definition) is 3. The molecule has 1 aliphatic heterocycles. The Balaban J connectivity index is 1.50. The van der Waals surface area contributed by atoms with Gasteiger partial charge in [-0.15, -0.1) is 0 Å². The maximum Gasteiger partial charge on any atom is 0.238 e. The highest BCUT2D eigenvalue weighted by molar-refractivity contribution is 5.93. The smallest absolute Gasteiger partial charge is 0.238 e. The van der Waals surface area contributed by atoms with Crippen molar-refractivity contribution in [2.45, 2.75) is 58.4 Å². The van der Waals surface area contributed by atoms with Crippen LogP contribution in [0.3, 0.4) is 0 Å². The quantitative estimate of drug-likeness (QED) is 0.816. The van der Waals surface area contributed by atoms with Gasteiger partial charge in [-0.2, -0.15) is 0 Å². The highest BCUT2D eigenvalue weighted by Gasteiger charge is 2.31. The number of nitrogens with zero attached hydrogens (tertiary/aromatic N) is 2. The molecule has 1 saturated carbocycles. The molecular formula is C21H31N3O2. The second-order valence-electron chi connectivity index (χ2n) is 7.76. The molecule has 0 spiro atoms. The van der Waals surface area contributed by atoms with Gasteiger partial charge in [-0.3, -0.25) is 14.5 Å². The van der Waals surface area contributed by atoms with Crippen molar-refractivity contribution < 1.29 is 9.59 Å². The lowest BCUT2D eigenvalue weighted by Gasteiger charge is -2.28. The van der Waals surface area contributed by atoms with Crippen LogP contribution in [0.25, 0.3) is 0 Å². The molecule has 5 nitrogen and oxygen atoms in total. The summed E-state index contributed by atoms with van der Waals surface area (Å²) in [6.07, 6.45) is 6.26. The maximum absolute atomic E-state index is 12.5. The van der Waals surface area contributed by atoms with E-state index in [9.17, 15) is 9.59 Å². The van der Waals surface area contributed by atoms with E-state index in [2.05, 4.69) is 10.2 Å². The molecule has 2 aliphatic rings.